The van der Waals surface area contributed by atoms with Crippen molar-refractivity contribution in [3.63, 3.8) is 0 Å². The molecule has 38 heavy (non-hydrogen) atoms. The second kappa shape index (κ2) is 11.6. The number of nitrogens with one attached hydrogen (secondary N) is 1. The van der Waals surface area contributed by atoms with Gasteiger partial charge in [0.25, 0.3) is 5.91 Å². The molecule has 208 valence electrons. The minimum Gasteiger partial charge on any atom is -0.447 e. The van der Waals surface area contributed by atoms with Gasteiger partial charge in [-0.25, -0.2) is 23.7 Å². The number of amides is 2. The lowest BCUT2D eigenvalue weighted by Crippen LogP contribution is -2.66. The number of hydroxylamine groups is 1. The van der Waals surface area contributed by atoms with E-state index in [1.807, 2.05) is 0 Å². The van der Waals surface area contributed by atoms with Gasteiger partial charge < -0.3 is 14.2 Å². The normalized spacial score (nSPS) is 21.5. The summed E-state index contributed by atoms with van der Waals surface area (Å²) in [6.45, 7) is 4.92. The first-order chi connectivity index (χ1) is 18.1. The Labute approximate surface area is 220 Å². The first kappa shape index (κ1) is 27.8. The third-order valence-corrected chi connectivity index (χ3v) is 8.25. The zero-order valence-corrected chi connectivity index (χ0v) is 22.2. The minimum absolute atomic E-state index is 0.0166. The van der Waals surface area contributed by atoms with E-state index in [2.05, 4.69) is 23.9 Å². The first-order valence-corrected chi connectivity index (χ1v) is 13.7. The van der Waals surface area contributed by atoms with Crippen molar-refractivity contribution in [1.29, 1.82) is 0 Å². The van der Waals surface area contributed by atoms with Crippen LogP contribution in [0.2, 0.25) is 0 Å². The van der Waals surface area contributed by atoms with Crippen LogP contribution in [-0.4, -0.2) is 94.6 Å². The maximum Gasteiger partial charge on any atom is 0.410 e. The number of rotatable bonds is 10. The van der Waals surface area contributed by atoms with Gasteiger partial charge in [0.2, 0.25) is 15.9 Å². The number of hydrogen-bond donors (Lipinski definition) is 2. The summed E-state index contributed by atoms with van der Waals surface area (Å²) < 4.78 is 45.8. The lowest BCUT2D eigenvalue weighted by atomic mass is 10.1. The van der Waals surface area contributed by atoms with Crippen LogP contribution >= 0.6 is 0 Å². The van der Waals surface area contributed by atoms with Crippen LogP contribution in [0.4, 0.5) is 4.79 Å². The van der Waals surface area contributed by atoms with Crippen molar-refractivity contribution >= 4 is 22.0 Å². The molecule has 2 bridgehead atoms. The molecule has 4 rings (SSSR count). The van der Waals surface area contributed by atoms with Crippen molar-refractivity contribution in [3.05, 3.63) is 30.7 Å². The molecule has 0 saturated carbocycles. The number of fused-ring (bicyclic) bond motifs is 2. The van der Waals surface area contributed by atoms with E-state index in [0.717, 1.165) is 17.0 Å². The molecule has 2 aromatic heterocycles. The fourth-order valence-electron chi connectivity index (χ4n) is 4.81. The summed E-state index contributed by atoms with van der Waals surface area (Å²) in [7, 11) is -2.76. The molecule has 0 spiro atoms. The molecule has 0 unspecified atom stereocenters. The van der Waals surface area contributed by atoms with E-state index in [1.165, 1.54) is 24.1 Å². The van der Waals surface area contributed by atoms with E-state index >= 15 is 0 Å². The van der Waals surface area contributed by atoms with Crippen LogP contribution in [0.15, 0.2) is 35.6 Å². The zero-order chi connectivity index (χ0) is 27.4. The van der Waals surface area contributed by atoms with Gasteiger partial charge in [-0.1, -0.05) is 13.8 Å². The van der Waals surface area contributed by atoms with Gasteiger partial charge in [-0.2, -0.15) is 9.40 Å². The minimum atomic E-state index is -4.23. The first-order valence-electron chi connectivity index (χ1n) is 12.2. The van der Waals surface area contributed by atoms with Gasteiger partial charge in [0.15, 0.2) is 5.75 Å². The monoisotopic (exact) mass is 552 g/mol. The van der Waals surface area contributed by atoms with Gasteiger partial charge in [0, 0.05) is 32.3 Å². The number of piperazine rings is 1. The molecule has 2 amide bonds. The van der Waals surface area contributed by atoms with E-state index in [-0.39, 0.29) is 30.5 Å². The Morgan fingerprint density at radius 2 is 2.00 bits per heavy atom. The lowest BCUT2D eigenvalue weighted by Gasteiger charge is -2.44. The summed E-state index contributed by atoms with van der Waals surface area (Å²) in [4.78, 5) is 30.7. The fraction of sp³-hybridized carbons (Fsp3) is 0.565. The van der Waals surface area contributed by atoms with Gasteiger partial charge in [0.1, 0.15) is 17.5 Å². The molecule has 3 atom stereocenters. The number of carbonyl (C=O) groups is 2. The molecule has 14 nitrogen and oxygen atoms in total. The smallest absolute Gasteiger partial charge is 0.410 e. The molecule has 2 aromatic rings. The average Bonchev–Trinajstić information content (AvgIpc) is 3.45. The third kappa shape index (κ3) is 5.75. The Bertz CT molecular complexity index is 1230. The summed E-state index contributed by atoms with van der Waals surface area (Å²) in [5.74, 6) is 0.0837. The Kier molecular flexibility index (Phi) is 8.50. The van der Waals surface area contributed by atoms with Gasteiger partial charge in [0.05, 0.1) is 31.2 Å². The SMILES string of the molecule is COCCOC(=O)N1[C@@H]2CC[C@H]1[C@H](C(=O)NO)N(S(=O)(=O)c1ccc(Oc3cnn(CC(C)C)c3)nc1)C2. The predicted molar refractivity (Wildman–Crippen MR) is 131 cm³/mol. The molecule has 0 radical (unpaired) electrons. The van der Waals surface area contributed by atoms with Crippen LogP contribution in [0.5, 0.6) is 11.6 Å². The molecule has 2 fully saturated rings. The standard InChI is InChI=1S/C23H32N6O8S/c1-15(2)12-27-14-17(10-25-27)37-20-7-5-18(11-24-20)38(33,34)28-13-16-4-6-19(21(28)22(30)26-32)29(16)23(31)36-9-8-35-3/h5,7,10-11,14-16,19,21,32H,4,6,8-9,12-13H2,1-3H3,(H,26,30)/t16-,19+,21-/m1/s1. The third-order valence-electron chi connectivity index (χ3n) is 6.41. The van der Waals surface area contributed by atoms with Crippen LogP contribution in [0, 0.1) is 5.92 Å². The highest BCUT2D eigenvalue weighted by molar-refractivity contribution is 7.89. The maximum atomic E-state index is 13.6. The van der Waals surface area contributed by atoms with Crippen molar-refractivity contribution in [2.24, 2.45) is 5.92 Å². The molecule has 2 aliphatic rings. The van der Waals surface area contributed by atoms with Gasteiger partial charge in [-0.3, -0.25) is 19.6 Å². The average molecular weight is 553 g/mol. The Hall–Kier alpha value is -3.27. The van der Waals surface area contributed by atoms with E-state index < -0.39 is 40.1 Å². The molecular formula is C23H32N6O8S. The number of ether oxygens (including phenoxy) is 3. The highest BCUT2D eigenvalue weighted by atomic mass is 32.2. The Morgan fingerprint density at radius 3 is 2.66 bits per heavy atom. The van der Waals surface area contributed by atoms with Crippen LogP contribution in [-0.2, 0) is 30.8 Å². The Morgan fingerprint density at radius 1 is 1.21 bits per heavy atom. The van der Waals surface area contributed by atoms with Crippen molar-refractivity contribution in [3.8, 4) is 11.6 Å². The van der Waals surface area contributed by atoms with Crippen LogP contribution in [0.3, 0.4) is 0 Å². The molecule has 0 aliphatic carbocycles. The summed E-state index contributed by atoms with van der Waals surface area (Å²) >= 11 is 0. The van der Waals surface area contributed by atoms with Gasteiger partial charge >= 0.3 is 6.09 Å². The van der Waals surface area contributed by atoms with Crippen molar-refractivity contribution in [1.82, 2.24) is 29.4 Å². The summed E-state index contributed by atoms with van der Waals surface area (Å²) in [6, 6.07) is 0.0686. The maximum absolute atomic E-state index is 13.6. The number of hydrogen-bond acceptors (Lipinski definition) is 10. The number of aromatic nitrogens is 3. The number of sulfonamides is 1. The van der Waals surface area contributed by atoms with E-state index in [1.54, 1.807) is 22.6 Å². The van der Waals surface area contributed by atoms with E-state index in [4.69, 9.17) is 14.2 Å². The lowest BCUT2D eigenvalue weighted by molar-refractivity contribution is -0.136. The summed E-state index contributed by atoms with van der Waals surface area (Å²) in [6.07, 6.45) is 4.58. The fourth-order valence-corrected chi connectivity index (χ4v) is 6.41. The number of nitrogens with zero attached hydrogens (tertiary/aromatic N) is 5. The number of pyridine rings is 1. The molecule has 2 aliphatic heterocycles. The topological polar surface area (TPSA) is 165 Å². The molecule has 2 N–H and O–H groups in total. The van der Waals surface area contributed by atoms with E-state index in [9.17, 15) is 23.2 Å². The molecule has 0 aromatic carbocycles. The summed E-state index contributed by atoms with van der Waals surface area (Å²) in [5, 5.41) is 13.6. The van der Waals surface area contributed by atoms with Crippen LogP contribution in [0.25, 0.3) is 0 Å². The van der Waals surface area contributed by atoms with Crippen molar-refractivity contribution in [2.75, 3.05) is 26.9 Å². The van der Waals surface area contributed by atoms with Gasteiger partial charge in [-0.05, 0) is 24.8 Å². The molecule has 2 saturated heterocycles. The van der Waals surface area contributed by atoms with Crippen molar-refractivity contribution in [2.45, 2.75) is 56.3 Å². The van der Waals surface area contributed by atoms with Crippen LogP contribution in [0.1, 0.15) is 26.7 Å². The number of carbonyl (C=O) groups excluding carboxylic acids is 2. The summed E-state index contributed by atoms with van der Waals surface area (Å²) in [5.41, 5.74) is 1.55. The number of methoxy groups -OCH3 is 1. The predicted octanol–water partition coefficient (Wildman–Crippen LogP) is 1.22. The second-order valence-corrected chi connectivity index (χ2v) is 11.4. The highest BCUT2D eigenvalue weighted by Crippen LogP contribution is 2.38. The molecule has 15 heteroatoms. The second-order valence-electron chi connectivity index (χ2n) is 9.53. The quantitative estimate of drug-likeness (QED) is 0.249. The van der Waals surface area contributed by atoms with Gasteiger partial charge in [-0.15, -0.1) is 0 Å². The molecular weight excluding hydrogens is 520 g/mol. The van der Waals surface area contributed by atoms with Crippen LogP contribution < -0.4 is 10.2 Å². The van der Waals surface area contributed by atoms with E-state index in [0.29, 0.717) is 24.5 Å². The zero-order valence-electron chi connectivity index (χ0n) is 21.4. The Balaban J connectivity index is 1.52. The largest absolute Gasteiger partial charge is 0.447 e. The van der Waals surface area contributed by atoms with Crippen molar-refractivity contribution < 1.29 is 37.4 Å². The molecule has 4 heterocycles. The highest BCUT2D eigenvalue weighted by Gasteiger charge is 2.55.